The Morgan fingerprint density at radius 2 is 0.569 bits per heavy atom. The minimum Gasteiger partial charge on any atom is -0.309 e. The predicted molar refractivity (Wildman–Crippen MR) is 244 cm³/mol. The van der Waals surface area contributed by atoms with Crippen LogP contribution >= 0.6 is 0 Å². The van der Waals surface area contributed by atoms with E-state index in [4.69, 9.17) is 0 Å². The summed E-state index contributed by atoms with van der Waals surface area (Å²) in [4.78, 5) is 0. The van der Waals surface area contributed by atoms with Crippen LogP contribution in [0.1, 0.15) is 0 Å². The van der Waals surface area contributed by atoms with E-state index >= 15 is 0 Å². The van der Waals surface area contributed by atoms with Crippen LogP contribution in [-0.4, -0.2) is 18.3 Å². The molecule has 0 aliphatic rings. The third-order valence-corrected chi connectivity index (χ3v) is 12.3. The van der Waals surface area contributed by atoms with Gasteiger partial charge in [-0.1, -0.05) is 133 Å². The van der Waals surface area contributed by atoms with E-state index in [-0.39, 0.29) is 0 Å². The van der Waals surface area contributed by atoms with Crippen LogP contribution in [0.3, 0.4) is 0 Å². The molecule has 13 rings (SSSR count). The van der Waals surface area contributed by atoms with Gasteiger partial charge in [0, 0.05) is 60.2 Å². The van der Waals surface area contributed by atoms with Gasteiger partial charge in [-0.25, -0.2) is 0 Å². The number of benzene rings is 9. The van der Waals surface area contributed by atoms with E-state index in [2.05, 4.69) is 225 Å². The van der Waals surface area contributed by atoms with Gasteiger partial charge in [-0.05, 0) is 72.8 Å². The largest absolute Gasteiger partial charge is 0.309 e. The molecule has 58 heavy (non-hydrogen) atoms. The second kappa shape index (κ2) is 11.8. The maximum absolute atomic E-state index is 2.50. The first-order valence-corrected chi connectivity index (χ1v) is 20.0. The average Bonchev–Trinajstić information content (AvgIpc) is 4.01. The Bertz CT molecular complexity index is 3740. The quantitative estimate of drug-likeness (QED) is 0.171. The maximum Gasteiger partial charge on any atom is 0.0782 e. The molecule has 9 aromatic carbocycles. The number of para-hydroxylation sites is 7. The minimum atomic E-state index is 1.12. The summed E-state index contributed by atoms with van der Waals surface area (Å²) in [5, 5.41) is 9.93. The molecule has 0 amide bonds. The van der Waals surface area contributed by atoms with Gasteiger partial charge in [0.15, 0.2) is 0 Å². The molecule has 0 saturated carbocycles. The lowest BCUT2D eigenvalue weighted by atomic mass is 10.1. The van der Waals surface area contributed by atoms with Crippen molar-refractivity contribution in [3.05, 3.63) is 206 Å². The van der Waals surface area contributed by atoms with Gasteiger partial charge < -0.3 is 18.3 Å². The minimum absolute atomic E-state index is 1.12. The molecule has 13 aromatic rings. The predicted octanol–water partition coefficient (Wildman–Crippen LogP) is 14.1. The molecule has 4 heteroatoms. The highest BCUT2D eigenvalue weighted by Crippen LogP contribution is 2.42. The van der Waals surface area contributed by atoms with Crippen molar-refractivity contribution in [2.45, 2.75) is 0 Å². The van der Waals surface area contributed by atoms with Gasteiger partial charge in [0.05, 0.1) is 49.8 Å². The Balaban J connectivity index is 1.14. The second-order valence-corrected chi connectivity index (χ2v) is 15.3. The summed E-state index contributed by atoms with van der Waals surface area (Å²) in [6.45, 7) is 0. The molecule has 0 atom stereocenters. The van der Waals surface area contributed by atoms with Crippen molar-refractivity contribution < 1.29 is 0 Å². The molecule has 270 valence electrons. The van der Waals surface area contributed by atoms with E-state index in [0.717, 1.165) is 22.7 Å². The van der Waals surface area contributed by atoms with E-state index in [1.165, 1.54) is 87.2 Å². The first kappa shape index (κ1) is 31.4. The van der Waals surface area contributed by atoms with Crippen molar-refractivity contribution in [3.8, 4) is 22.7 Å². The van der Waals surface area contributed by atoms with E-state index in [1.807, 2.05) is 0 Å². The van der Waals surface area contributed by atoms with Crippen molar-refractivity contribution >= 4 is 87.2 Å². The zero-order valence-electron chi connectivity index (χ0n) is 31.4. The summed E-state index contributed by atoms with van der Waals surface area (Å²) in [7, 11) is 0. The van der Waals surface area contributed by atoms with Crippen molar-refractivity contribution in [1.29, 1.82) is 0 Å². The molecule has 0 bridgehead atoms. The Kier molecular flexibility index (Phi) is 6.41. The first-order valence-electron chi connectivity index (χ1n) is 20.0. The number of fused-ring (bicyclic) bond motifs is 12. The fraction of sp³-hybridized carbons (Fsp3) is 0. The lowest BCUT2D eigenvalue weighted by Crippen LogP contribution is -2.02. The standard InChI is InChI=1S/C54H34N4/c1-2-15-35(16-3-1)55-46-23-9-6-19-40(46)43-32-30-37(34-52(43)55)57-49-26-12-8-21-42(49)45-22-14-28-51(54(45)57)58-50-27-13-7-20-41(50)44-31-29-36(33-53(44)58)56-47-24-10-4-17-38(47)39-18-5-11-25-48(39)56/h1-34H. The van der Waals surface area contributed by atoms with Crippen LogP contribution in [0.4, 0.5) is 0 Å². The van der Waals surface area contributed by atoms with Gasteiger partial charge in [-0.15, -0.1) is 0 Å². The van der Waals surface area contributed by atoms with E-state index in [9.17, 15) is 0 Å². The number of rotatable bonds is 4. The van der Waals surface area contributed by atoms with Gasteiger partial charge in [0.1, 0.15) is 0 Å². The van der Waals surface area contributed by atoms with Crippen molar-refractivity contribution in [2.75, 3.05) is 0 Å². The van der Waals surface area contributed by atoms with Crippen LogP contribution in [0.5, 0.6) is 0 Å². The Morgan fingerprint density at radius 1 is 0.207 bits per heavy atom. The van der Waals surface area contributed by atoms with Gasteiger partial charge in [0.25, 0.3) is 0 Å². The average molecular weight is 739 g/mol. The molecule has 4 aromatic heterocycles. The normalized spacial score (nSPS) is 12.1. The Hall–Kier alpha value is -7.82. The van der Waals surface area contributed by atoms with Gasteiger partial charge in [-0.2, -0.15) is 0 Å². The topological polar surface area (TPSA) is 19.7 Å². The van der Waals surface area contributed by atoms with Crippen LogP contribution < -0.4 is 0 Å². The Morgan fingerprint density at radius 3 is 1.10 bits per heavy atom. The zero-order chi connectivity index (χ0) is 37.9. The monoisotopic (exact) mass is 738 g/mol. The van der Waals surface area contributed by atoms with Crippen LogP contribution in [0.25, 0.3) is 110 Å². The van der Waals surface area contributed by atoms with E-state index in [0.29, 0.717) is 0 Å². The van der Waals surface area contributed by atoms with Gasteiger partial charge in [0.2, 0.25) is 0 Å². The smallest absolute Gasteiger partial charge is 0.0782 e. The number of hydrogen-bond donors (Lipinski definition) is 0. The molecule has 0 saturated heterocycles. The lowest BCUT2D eigenvalue weighted by Gasteiger charge is -2.16. The molecule has 0 radical (unpaired) electrons. The Labute approximate surface area is 333 Å². The highest BCUT2D eigenvalue weighted by Gasteiger charge is 2.22. The molecule has 4 heterocycles. The summed E-state index contributed by atoms with van der Waals surface area (Å²) >= 11 is 0. The molecule has 0 fully saturated rings. The number of aromatic nitrogens is 4. The molecular formula is C54H34N4. The number of hydrogen-bond acceptors (Lipinski definition) is 0. The fourth-order valence-corrected chi connectivity index (χ4v) is 9.96. The molecular weight excluding hydrogens is 705 g/mol. The second-order valence-electron chi connectivity index (χ2n) is 15.3. The summed E-state index contributed by atoms with van der Waals surface area (Å²) in [6, 6.07) is 75.5. The summed E-state index contributed by atoms with van der Waals surface area (Å²) in [6.07, 6.45) is 0. The van der Waals surface area contributed by atoms with Crippen LogP contribution in [0, 0.1) is 0 Å². The molecule has 0 aliphatic heterocycles. The zero-order valence-corrected chi connectivity index (χ0v) is 31.4. The van der Waals surface area contributed by atoms with E-state index in [1.54, 1.807) is 0 Å². The molecule has 0 spiro atoms. The summed E-state index contributed by atoms with van der Waals surface area (Å²) < 4.78 is 9.82. The highest BCUT2D eigenvalue weighted by atomic mass is 15.1. The highest BCUT2D eigenvalue weighted by molar-refractivity contribution is 6.16. The van der Waals surface area contributed by atoms with Gasteiger partial charge >= 0.3 is 0 Å². The molecule has 0 N–H and O–H groups in total. The SMILES string of the molecule is c1ccc(-n2c3ccccc3c3ccc(-n4c5ccccc5c5cccc(-n6c7ccccc7c7ccc(-n8c9ccccc9c9ccccc98)cc76)c54)cc32)cc1. The maximum atomic E-state index is 2.50. The van der Waals surface area contributed by atoms with Crippen molar-refractivity contribution in [1.82, 2.24) is 18.3 Å². The number of nitrogens with zero attached hydrogens (tertiary/aromatic N) is 4. The molecule has 4 nitrogen and oxygen atoms in total. The lowest BCUT2D eigenvalue weighted by molar-refractivity contribution is 1.12. The van der Waals surface area contributed by atoms with Crippen molar-refractivity contribution in [3.63, 3.8) is 0 Å². The third kappa shape index (κ3) is 4.23. The summed E-state index contributed by atoms with van der Waals surface area (Å²) in [5.41, 5.74) is 14.1. The van der Waals surface area contributed by atoms with Crippen LogP contribution in [-0.2, 0) is 0 Å². The molecule has 0 unspecified atom stereocenters. The summed E-state index contributed by atoms with van der Waals surface area (Å²) in [5.74, 6) is 0. The fourth-order valence-electron chi connectivity index (χ4n) is 9.96. The molecule has 0 aliphatic carbocycles. The first-order chi connectivity index (χ1) is 28.8. The third-order valence-electron chi connectivity index (χ3n) is 12.3. The van der Waals surface area contributed by atoms with Crippen LogP contribution in [0.2, 0.25) is 0 Å². The van der Waals surface area contributed by atoms with E-state index < -0.39 is 0 Å². The van der Waals surface area contributed by atoms with Crippen LogP contribution in [0.15, 0.2) is 206 Å². The van der Waals surface area contributed by atoms with Crippen molar-refractivity contribution in [2.24, 2.45) is 0 Å². The van der Waals surface area contributed by atoms with Gasteiger partial charge in [-0.3, -0.25) is 0 Å².